The number of carbonyl (C=O) groups excluding carboxylic acids is 1. The number of ether oxygens (including phenoxy) is 2. The van der Waals surface area contributed by atoms with Gasteiger partial charge < -0.3 is 19.3 Å². The molecule has 1 atom stereocenters. The van der Waals surface area contributed by atoms with Gasteiger partial charge in [0.25, 0.3) is 5.91 Å². The topological polar surface area (TPSA) is 73.6 Å². The lowest BCUT2D eigenvalue weighted by atomic mass is 9.98. The van der Waals surface area contributed by atoms with E-state index in [-0.39, 0.29) is 35.5 Å². The summed E-state index contributed by atoms with van der Waals surface area (Å²) in [4.78, 5) is 12.3. The van der Waals surface area contributed by atoms with Gasteiger partial charge in [0.05, 0.1) is 0 Å². The Morgan fingerprint density at radius 3 is 2.77 bits per heavy atom. The fraction of sp³-hybridized carbons (Fsp3) is 0.524. The first-order chi connectivity index (χ1) is 14.3. The Balaban J connectivity index is 1.46. The summed E-state index contributed by atoms with van der Waals surface area (Å²) >= 11 is 0. The van der Waals surface area contributed by atoms with Gasteiger partial charge in [0.2, 0.25) is 0 Å². The summed E-state index contributed by atoms with van der Waals surface area (Å²) in [6, 6.07) is 6.61. The summed E-state index contributed by atoms with van der Waals surface area (Å²) in [6.07, 6.45) is 1.20. The minimum atomic E-state index is -4.78. The molecule has 1 amide bonds. The molecule has 1 aliphatic carbocycles. The first-order valence-electron chi connectivity index (χ1n) is 10.0. The molecular weight excluding hydrogens is 401 g/mol. The summed E-state index contributed by atoms with van der Waals surface area (Å²) in [7, 11) is 0. The molecular formula is C21H25F3N2O4. The van der Waals surface area contributed by atoms with Crippen LogP contribution in [0.25, 0.3) is 0 Å². The lowest BCUT2D eigenvalue weighted by Gasteiger charge is -2.14. The van der Waals surface area contributed by atoms with E-state index >= 15 is 0 Å². The van der Waals surface area contributed by atoms with Crippen LogP contribution in [0.4, 0.5) is 13.2 Å². The van der Waals surface area contributed by atoms with Crippen LogP contribution in [0.5, 0.6) is 11.5 Å². The highest BCUT2D eigenvalue weighted by Crippen LogP contribution is 2.35. The smallest absolute Gasteiger partial charge is 0.485 e. The minimum Gasteiger partial charge on any atom is -0.485 e. The third-order valence-corrected chi connectivity index (χ3v) is 5.02. The van der Waals surface area contributed by atoms with Crippen LogP contribution in [0.15, 0.2) is 34.9 Å². The van der Waals surface area contributed by atoms with Gasteiger partial charge in [0.15, 0.2) is 11.5 Å². The van der Waals surface area contributed by atoms with Crippen LogP contribution in [-0.2, 0) is 6.61 Å². The van der Waals surface area contributed by atoms with E-state index < -0.39 is 6.36 Å². The van der Waals surface area contributed by atoms with Crippen molar-refractivity contribution in [1.29, 1.82) is 0 Å². The van der Waals surface area contributed by atoms with E-state index in [9.17, 15) is 18.0 Å². The van der Waals surface area contributed by atoms with Crippen LogP contribution in [-0.4, -0.2) is 24.0 Å². The molecule has 1 fully saturated rings. The predicted molar refractivity (Wildman–Crippen MR) is 102 cm³/mol. The van der Waals surface area contributed by atoms with Crippen LogP contribution in [0.2, 0.25) is 0 Å². The standard InChI is InChI=1S/C21H25F3N2O4/c1-2-14(6-7-15-8-9-15)12-25-20(27)19-11-18(30-26-19)13-28-16-4-3-5-17(10-16)29-21(22,23)24/h3-5,10-11,14-15H,2,6-9,12-13H2,1H3,(H,25,27). The maximum Gasteiger partial charge on any atom is 0.573 e. The number of aromatic nitrogens is 1. The van der Waals surface area contributed by atoms with Crippen LogP contribution < -0.4 is 14.8 Å². The third-order valence-electron chi connectivity index (χ3n) is 5.02. The molecule has 1 aliphatic rings. The minimum absolute atomic E-state index is 0.0886. The highest BCUT2D eigenvalue weighted by Gasteiger charge is 2.31. The second-order valence-electron chi connectivity index (χ2n) is 7.49. The van der Waals surface area contributed by atoms with Crippen LogP contribution in [0.1, 0.15) is 55.3 Å². The van der Waals surface area contributed by atoms with Crippen LogP contribution in [0.3, 0.4) is 0 Å². The van der Waals surface area contributed by atoms with Gasteiger partial charge in [-0.15, -0.1) is 13.2 Å². The highest BCUT2D eigenvalue weighted by molar-refractivity contribution is 5.92. The quantitative estimate of drug-likeness (QED) is 0.541. The van der Waals surface area contributed by atoms with E-state index in [0.717, 1.165) is 24.8 Å². The predicted octanol–water partition coefficient (Wildman–Crippen LogP) is 5.10. The van der Waals surface area contributed by atoms with Crippen molar-refractivity contribution in [2.45, 2.75) is 52.0 Å². The van der Waals surface area contributed by atoms with E-state index in [4.69, 9.17) is 9.26 Å². The Labute approximate surface area is 172 Å². The molecule has 0 aliphatic heterocycles. The molecule has 1 heterocycles. The number of halogens is 3. The van der Waals surface area contributed by atoms with Gasteiger partial charge in [-0.05, 0) is 30.4 Å². The van der Waals surface area contributed by atoms with Crippen molar-refractivity contribution in [3.8, 4) is 11.5 Å². The molecule has 0 bridgehead atoms. The van der Waals surface area contributed by atoms with Crippen molar-refractivity contribution in [2.75, 3.05) is 6.54 Å². The molecule has 9 heteroatoms. The Bertz CT molecular complexity index is 834. The van der Waals surface area contributed by atoms with Gasteiger partial charge in [-0.25, -0.2) is 0 Å². The molecule has 1 unspecified atom stereocenters. The Morgan fingerprint density at radius 2 is 2.07 bits per heavy atom. The molecule has 6 nitrogen and oxygen atoms in total. The van der Waals surface area contributed by atoms with E-state index in [1.165, 1.54) is 43.5 Å². The molecule has 30 heavy (non-hydrogen) atoms. The molecule has 3 rings (SSSR count). The van der Waals surface area contributed by atoms with Crippen LogP contribution in [0, 0.1) is 11.8 Å². The molecule has 0 spiro atoms. The zero-order chi connectivity index (χ0) is 21.6. The largest absolute Gasteiger partial charge is 0.573 e. The van der Waals surface area contributed by atoms with Gasteiger partial charge in [-0.3, -0.25) is 4.79 Å². The van der Waals surface area contributed by atoms with Crippen molar-refractivity contribution >= 4 is 5.91 Å². The number of rotatable bonds is 11. The van der Waals surface area contributed by atoms with E-state index in [1.807, 2.05) is 0 Å². The number of alkyl halides is 3. The highest BCUT2D eigenvalue weighted by atomic mass is 19.4. The third kappa shape index (κ3) is 7.27. The van der Waals surface area contributed by atoms with E-state index in [0.29, 0.717) is 12.5 Å². The lowest BCUT2D eigenvalue weighted by molar-refractivity contribution is -0.274. The fourth-order valence-electron chi connectivity index (χ4n) is 3.06. The first kappa shape index (κ1) is 22.0. The van der Waals surface area contributed by atoms with Gasteiger partial charge in [-0.1, -0.05) is 43.8 Å². The number of nitrogens with one attached hydrogen (secondary N) is 1. The summed E-state index contributed by atoms with van der Waals surface area (Å²) < 4.78 is 51.2. The average molecular weight is 426 g/mol. The Hall–Kier alpha value is -2.71. The number of hydrogen-bond donors (Lipinski definition) is 1. The first-order valence-corrected chi connectivity index (χ1v) is 10.0. The van der Waals surface area contributed by atoms with Crippen LogP contribution >= 0.6 is 0 Å². The summed E-state index contributed by atoms with van der Waals surface area (Å²) in [5.74, 6) is 1.05. The SMILES string of the molecule is CCC(CCC1CC1)CNC(=O)c1cc(COc2cccc(OC(F)(F)F)c2)on1. The molecule has 0 saturated heterocycles. The molecule has 164 valence electrons. The molecule has 1 saturated carbocycles. The second kappa shape index (κ2) is 9.86. The van der Waals surface area contributed by atoms with Crippen molar-refractivity contribution in [3.05, 3.63) is 41.8 Å². The van der Waals surface area contributed by atoms with Gasteiger partial charge in [-0.2, -0.15) is 0 Å². The second-order valence-corrected chi connectivity index (χ2v) is 7.49. The van der Waals surface area contributed by atoms with Crippen molar-refractivity contribution < 1.29 is 32.0 Å². The van der Waals surface area contributed by atoms with Gasteiger partial charge in [0.1, 0.15) is 18.1 Å². The number of hydrogen-bond acceptors (Lipinski definition) is 5. The monoisotopic (exact) mass is 426 g/mol. The maximum atomic E-state index is 12.3. The normalized spacial score (nSPS) is 14.9. The van der Waals surface area contributed by atoms with E-state index in [1.54, 1.807) is 0 Å². The van der Waals surface area contributed by atoms with E-state index in [2.05, 4.69) is 22.1 Å². The average Bonchev–Trinajstić information content (AvgIpc) is 3.40. The molecule has 1 aromatic carbocycles. The molecule has 2 aromatic rings. The number of nitrogens with zero attached hydrogens (tertiary/aromatic N) is 1. The van der Waals surface area contributed by atoms with Crippen molar-refractivity contribution in [2.24, 2.45) is 11.8 Å². The molecule has 0 radical (unpaired) electrons. The summed E-state index contributed by atoms with van der Waals surface area (Å²) in [6.45, 7) is 2.62. The number of benzene rings is 1. The molecule has 1 N–H and O–H groups in total. The zero-order valence-corrected chi connectivity index (χ0v) is 16.7. The fourth-order valence-corrected chi connectivity index (χ4v) is 3.06. The summed E-state index contributed by atoms with van der Waals surface area (Å²) in [5.41, 5.74) is 0.139. The zero-order valence-electron chi connectivity index (χ0n) is 16.7. The van der Waals surface area contributed by atoms with Crippen molar-refractivity contribution in [1.82, 2.24) is 10.5 Å². The summed E-state index contributed by atoms with van der Waals surface area (Å²) in [5, 5.41) is 6.63. The van der Waals surface area contributed by atoms with Gasteiger partial charge in [0, 0.05) is 18.7 Å². The Morgan fingerprint density at radius 1 is 1.30 bits per heavy atom. The Kier molecular flexibility index (Phi) is 7.23. The lowest BCUT2D eigenvalue weighted by Crippen LogP contribution is -2.29. The van der Waals surface area contributed by atoms with Gasteiger partial charge >= 0.3 is 6.36 Å². The van der Waals surface area contributed by atoms with Crippen molar-refractivity contribution in [3.63, 3.8) is 0 Å². The number of carbonyl (C=O) groups is 1. The molecule has 1 aromatic heterocycles. The maximum absolute atomic E-state index is 12.3. The number of amides is 1.